The first-order chi connectivity index (χ1) is 8.97. The van der Waals surface area contributed by atoms with E-state index >= 15 is 0 Å². The minimum atomic E-state index is -0.0469. The van der Waals surface area contributed by atoms with Gasteiger partial charge in [-0.15, -0.1) is 11.8 Å². The molecule has 0 radical (unpaired) electrons. The highest BCUT2D eigenvalue weighted by Crippen LogP contribution is 2.46. The van der Waals surface area contributed by atoms with E-state index in [0.717, 1.165) is 12.2 Å². The summed E-state index contributed by atoms with van der Waals surface area (Å²) in [7, 11) is 0. The van der Waals surface area contributed by atoms with Gasteiger partial charge < -0.3 is 0 Å². The molecule has 1 aliphatic heterocycles. The van der Waals surface area contributed by atoms with Crippen LogP contribution in [0.5, 0.6) is 0 Å². The summed E-state index contributed by atoms with van der Waals surface area (Å²) in [6.07, 6.45) is 1.02. The quantitative estimate of drug-likeness (QED) is 0.804. The summed E-state index contributed by atoms with van der Waals surface area (Å²) in [6, 6.07) is 8.57. The number of nitrogens with zero attached hydrogens (tertiary/aromatic N) is 2. The first kappa shape index (κ1) is 12.9. The molecule has 1 N–H and O–H groups in total. The molecule has 100 valence electrons. The molecule has 0 bridgehead atoms. The molecule has 1 atom stereocenters. The van der Waals surface area contributed by atoms with Gasteiger partial charge in [0, 0.05) is 10.4 Å². The Morgan fingerprint density at radius 2 is 2.11 bits per heavy atom. The van der Waals surface area contributed by atoms with Gasteiger partial charge in [-0.2, -0.15) is 5.10 Å². The average molecular weight is 291 g/mol. The van der Waals surface area contributed by atoms with Crippen molar-refractivity contribution in [2.24, 2.45) is 0 Å². The molecular formula is C14H17N3S2. The summed E-state index contributed by atoms with van der Waals surface area (Å²) >= 11 is 7.26. The molecule has 5 heteroatoms. The minimum Gasteiger partial charge on any atom is -0.298 e. The number of aromatic nitrogens is 3. The van der Waals surface area contributed by atoms with Crippen molar-refractivity contribution >= 4 is 24.0 Å². The summed E-state index contributed by atoms with van der Waals surface area (Å²) in [4.78, 5) is 1.36. The van der Waals surface area contributed by atoms with Gasteiger partial charge in [0.1, 0.15) is 5.82 Å². The Balaban J connectivity index is 2.01. The molecule has 19 heavy (non-hydrogen) atoms. The van der Waals surface area contributed by atoms with E-state index in [1.165, 1.54) is 10.5 Å². The maximum absolute atomic E-state index is 5.38. The second-order valence-electron chi connectivity index (χ2n) is 5.81. The van der Waals surface area contributed by atoms with Gasteiger partial charge in [0.2, 0.25) is 0 Å². The van der Waals surface area contributed by atoms with Crippen LogP contribution < -0.4 is 0 Å². The maximum Gasteiger partial charge on any atom is 0.195 e. The first-order valence-corrected chi connectivity index (χ1v) is 7.68. The van der Waals surface area contributed by atoms with E-state index < -0.39 is 0 Å². The van der Waals surface area contributed by atoms with Crippen LogP contribution in [0.4, 0.5) is 0 Å². The predicted octanol–water partition coefficient (Wildman–Crippen LogP) is 4.09. The molecule has 0 fully saturated rings. The Bertz CT molecular complexity index is 639. The lowest BCUT2D eigenvalue weighted by molar-refractivity contribution is 0.377. The molecular weight excluding hydrogens is 274 g/mol. The summed E-state index contributed by atoms with van der Waals surface area (Å²) in [6.45, 7) is 6.48. The van der Waals surface area contributed by atoms with E-state index in [2.05, 4.69) is 59.8 Å². The van der Waals surface area contributed by atoms with Crippen molar-refractivity contribution in [3.8, 4) is 0 Å². The van der Waals surface area contributed by atoms with Gasteiger partial charge in [-0.3, -0.25) is 9.67 Å². The van der Waals surface area contributed by atoms with Crippen LogP contribution in [0.1, 0.15) is 37.4 Å². The maximum atomic E-state index is 5.38. The fourth-order valence-corrected chi connectivity index (χ4v) is 4.21. The van der Waals surface area contributed by atoms with Crippen molar-refractivity contribution in [1.82, 2.24) is 14.8 Å². The lowest BCUT2D eigenvalue weighted by Gasteiger charge is -2.24. The largest absolute Gasteiger partial charge is 0.298 e. The molecule has 2 heterocycles. The smallest absolute Gasteiger partial charge is 0.195 e. The number of thioether (sulfide) groups is 1. The Morgan fingerprint density at radius 1 is 1.37 bits per heavy atom. The van der Waals surface area contributed by atoms with Gasteiger partial charge in [0.15, 0.2) is 4.77 Å². The van der Waals surface area contributed by atoms with Crippen LogP contribution in [-0.4, -0.2) is 14.8 Å². The Morgan fingerprint density at radius 3 is 2.79 bits per heavy atom. The fourth-order valence-electron chi connectivity index (χ4n) is 2.50. The van der Waals surface area contributed by atoms with Gasteiger partial charge in [-0.1, -0.05) is 18.2 Å². The van der Waals surface area contributed by atoms with E-state index in [0.29, 0.717) is 10.0 Å². The van der Waals surface area contributed by atoms with Gasteiger partial charge in [-0.05, 0) is 51.0 Å². The number of aromatic amines is 1. The predicted molar refractivity (Wildman–Crippen MR) is 81.2 cm³/mol. The molecule has 1 unspecified atom stereocenters. The number of benzene rings is 1. The van der Waals surface area contributed by atoms with E-state index in [9.17, 15) is 0 Å². The minimum absolute atomic E-state index is 0.0469. The number of hydrogen-bond acceptors (Lipinski definition) is 3. The Kier molecular flexibility index (Phi) is 3.06. The lowest BCUT2D eigenvalue weighted by atomic mass is 10.1. The van der Waals surface area contributed by atoms with Gasteiger partial charge in [0.05, 0.1) is 5.25 Å². The monoisotopic (exact) mass is 291 g/mol. The third-order valence-electron chi connectivity index (χ3n) is 3.30. The lowest BCUT2D eigenvalue weighted by Crippen LogP contribution is -2.25. The van der Waals surface area contributed by atoms with Crippen molar-refractivity contribution in [2.45, 2.75) is 42.9 Å². The zero-order chi connectivity index (χ0) is 13.6. The highest BCUT2D eigenvalue weighted by atomic mass is 32.2. The molecule has 2 aromatic rings. The molecule has 1 aliphatic rings. The second-order valence-corrected chi connectivity index (χ2v) is 7.44. The van der Waals surface area contributed by atoms with E-state index in [1.807, 2.05) is 11.8 Å². The zero-order valence-electron chi connectivity index (χ0n) is 11.3. The number of fused-ring (bicyclic) bond motifs is 1. The molecule has 0 aliphatic carbocycles. The first-order valence-electron chi connectivity index (χ1n) is 6.39. The number of rotatable bonds is 1. The molecule has 0 saturated carbocycles. The zero-order valence-corrected chi connectivity index (χ0v) is 12.9. The van der Waals surface area contributed by atoms with Crippen molar-refractivity contribution in [1.29, 1.82) is 0 Å². The standard InChI is InChI=1S/C14H17N3S2/c1-14(2,3)17-12(15-16-13(17)18)11-8-9-6-4-5-7-10(9)19-11/h4-7,11H,8H2,1-3H3,(H,16,18). The fraction of sp³-hybridized carbons (Fsp3) is 0.429. The highest BCUT2D eigenvalue weighted by Gasteiger charge is 2.30. The number of nitrogens with one attached hydrogen (secondary N) is 1. The van der Waals surface area contributed by atoms with Crippen LogP contribution in [-0.2, 0) is 12.0 Å². The van der Waals surface area contributed by atoms with Crippen LogP contribution in [0, 0.1) is 4.77 Å². The van der Waals surface area contributed by atoms with Crippen LogP contribution >= 0.6 is 24.0 Å². The molecule has 3 rings (SSSR count). The van der Waals surface area contributed by atoms with E-state index in [1.54, 1.807) is 0 Å². The molecule has 1 aromatic heterocycles. The molecule has 3 nitrogen and oxygen atoms in total. The summed E-state index contributed by atoms with van der Waals surface area (Å²) in [5.74, 6) is 1.05. The van der Waals surface area contributed by atoms with Crippen molar-refractivity contribution < 1.29 is 0 Å². The Labute approximate surface area is 122 Å². The van der Waals surface area contributed by atoms with Crippen molar-refractivity contribution in [2.75, 3.05) is 0 Å². The third-order valence-corrected chi connectivity index (χ3v) is 4.89. The topological polar surface area (TPSA) is 33.6 Å². The summed E-state index contributed by atoms with van der Waals surface area (Å²) in [5, 5.41) is 7.77. The summed E-state index contributed by atoms with van der Waals surface area (Å²) in [5.41, 5.74) is 1.36. The van der Waals surface area contributed by atoms with E-state index in [-0.39, 0.29) is 5.54 Å². The number of H-pyrrole nitrogens is 1. The molecule has 0 amide bonds. The normalized spacial score (nSPS) is 18.6. The van der Waals surface area contributed by atoms with Crippen LogP contribution in [0.3, 0.4) is 0 Å². The molecule has 1 aromatic carbocycles. The van der Waals surface area contributed by atoms with Crippen molar-refractivity contribution in [3.05, 3.63) is 40.4 Å². The van der Waals surface area contributed by atoms with Crippen LogP contribution in [0.25, 0.3) is 0 Å². The van der Waals surface area contributed by atoms with E-state index in [4.69, 9.17) is 12.2 Å². The van der Waals surface area contributed by atoms with Crippen molar-refractivity contribution in [3.63, 3.8) is 0 Å². The SMILES string of the molecule is CC(C)(C)n1c(C2Cc3ccccc3S2)n[nH]c1=S. The summed E-state index contributed by atoms with van der Waals surface area (Å²) < 4.78 is 2.85. The highest BCUT2D eigenvalue weighted by molar-refractivity contribution is 7.99. The second kappa shape index (κ2) is 4.49. The van der Waals surface area contributed by atoms with Crippen LogP contribution in [0.15, 0.2) is 29.2 Å². The molecule has 0 saturated heterocycles. The number of hydrogen-bond donors (Lipinski definition) is 1. The molecule has 0 spiro atoms. The van der Waals surface area contributed by atoms with Gasteiger partial charge in [-0.25, -0.2) is 0 Å². The van der Waals surface area contributed by atoms with Crippen LogP contribution in [0.2, 0.25) is 0 Å². The van der Waals surface area contributed by atoms with Gasteiger partial charge in [0.25, 0.3) is 0 Å². The van der Waals surface area contributed by atoms with Gasteiger partial charge >= 0.3 is 0 Å². The average Bonchev–Trinajstić information content (AvgIpc) is 2.90. The Hall–Kier alpha value is -1.07. The third kappa shape index (κ3) is 2.25.